The summed E-state index contributed by atoms with van der Waals surface area (Å²) in [5.41, 5.74) is 6.49. The molecule has 2 aromatic carbocycles. The number of ether oxygens (including phenoxy) is 1. The molecule has 0 fully saturated rings. The van der Waals surface area contributed by atoms with Crippen LogP contribution in [0.5, 0.6) is 5.75 Å². The van der Waals surface area contributed by atoms with Gasteiger partial charge in [-0.1, -0.05) is 36.4 Å². The van der Waals surface area contributed by atoms with Crippen LogP contribution in [0.25, 0.3) is 0 Å². The maximum atomic E-state index is 5.74. The van der Waals surface area contributed by atoms with E-state index in [1.54, 1.807) is 0 Å². The van der Waals surface area contributed by atoms with Gasteiger partial charge in [0, 0.05) is 0 Å². The minimum atomic E-state index is -0.0143. The molecule has 0 saturated carbocycles. The highest BCUT2D eigenvalue weighted by atomic mass is 16.5. The van der Waals surface area contributed by atoms with Crippen LogP contribution in [0, 0.1) is 13.8 Å². The maximum Gasteiger partial charge on any atom is 0.119 e. The summed E-state index contributed by atoms with van der Waals surface area (Å²) in [5.74, 6) is 6.48. The molecule has 2 rings (SSSR count). The van der Waals surface area contributed by atoms with Crippen molar-refractivity contribution in [1.29, 1.82) is 0 Å². The van der Waals surface area contributed by atoms with E-state index in [1.807, 2.05) is 30.3 Å². The van der Waals surface area contributed by atoms with Gasteiger partial charge in [0.2, 0.25) is 0 Å². The van der Waals surface area contributed by atoms with Gasteiger partial charge in [0.05, 0.1) is 6.04 Å². The molecule has 0 aliphatic rings. The fourth-order valence-corrected chi connectivity index (χ4v) is 1.92. The fourth-order valence-electron chi connectivity index (χ4n) is 1.92. The molecule has 0 aromatic heterocycles. The molecule has 0 saturated heterocycles. The molecule has 0 aliphatic heterocycles. The number of hydrogen-bond donors (Lipinski definition) is 2. The second kappa shape index (κ2) is 6.36. The summed E-state index contributed by atoms with van der Waals surface area (Å²) >= 11 is 0. The van der Waals surface area contributed by atoms with Gasteiger partial charge in [-0.3, -0.25) is 5.84 Å². The fraction of sp³-hybridized carbons (Fsp3) is 0.250. The molecule has 0 aliphatic carbocycles. The predicted molar refractivity (Wildman–Crippen MR) is 77.9 cm³/mol. The largest absolute Gasteiger partial charge is 0.492 e. The Balaban J connectivity index is 2.05. The van der Waals surface area contributed by atoms with E-state index in [1.165, 1.54) is 11.1 Å². The van der Waals surface area contributed by atoms with Crippen LogP contribution in [0.4, 0.5) is 0 Å². The van der Waals surface area contributed by atoms with Gasteiger partial charge in [-0.2, -0.15) is 0 Å². The zero-order valence-electron chi connectivity index (χ0n) is 11.4. The first-order valence-electron chi connectivity index (χ1n) is 6.42. The van der Waals surface area contributed by atoms with Crippen LogP contribution in [0.3, 0.4) is 0 Å². The standard InChI is InChI=1S/C16H20N2O/c1-12-8-9-14(10-13(12)2)16(18-17)11-19-15-6-4-3-5-7-15/h3-10,16,18H,11,17H2,1-2H3. The molecule has 1 unspecified atom stereocenters. The lowest BCUT2D eigenvalue weighted by Gasteiger charge is -2.18. The summed E-state index contributed by atoms with van der Waals surface area (Å²) in [6.45, 7) is 4.71. The van der Waals surface area contributed by atoms with E-state index in [9.17, 15) is 0 Å². The molecule has 0 amide bonds. The normalized spacial score (nSPS) is 12.2. The average Bonchev–Trinajstić information content (AvgIpc) is 2.44. The summed E-state index contributed by atoms with van der Waals surface area (Å²) < 4.78 is 5.74. The third kappa shape index (κ3) is 3.56. The molecular weight excluding hydrogens is 236 g/mol. The number of rotatable bonds is 5. The zero-order valence-corrected chi connectivity index (χ0v) is 11.4. The number of hydrazine groups is 1. The summed E-state index contributed by atoms with van der Waals surface area (Å²) in [4.78, 5) is 0. The Hall–Kier alpha value is -1.84. The lowest BCUT2D eigenvalue weighted by atomic mass is 10.0. The molecule has 2 aromatic rings. The summed E-state index contributed by atoms with van der Waals surface area (Å²) in [6.07, 6.45) is 0. The first kappa shape index (κ1) is 13.6. The SMILES string of the molecule is Cc1ccc(C(COc2ccccc2)NN)cc1C. The predicted octanol–water partition coefficient (Wildman–Crippen LogP) is 2.89. The van der Waals surface area contributed by atoms with E-state index in [0.717, 1.165) is 11.3 Å². The van der Waals surface area contributed by atoms with Crippen molar-refractivity contribution < 1.29 is 4.74 Å². The Labute approximate surface area is 114 Å². The van der Waals surface area contributed by atoms with E-state index in [4.69, 9.17) is 10.6 Å². The lowest BCUT2D eigenvalue weighted by Crippen LogP contribution is -2.32. The smallest absolute Gasteiger partial charge is 0.119 e. The van der Waals surface area contributed by atoms with Gasteiger partial charge in [0.1, 0.15) is 12.4 Å². The van der Waals surface area contributed by atoms with E-state index < -0.39 is 0 Å². The van der Waals surface area contributed by atoms with Crippen molar-refractivity contribution >= 4 is 0 Å². The Morgan fingerprint density at radius 2 is 1.79 bits per heavy atom. The number of aryl methyl sites for hydroxylation is 2. The van der Waals surface area contributed by atoms with Crippen molar-refractivity contribution in [1.82, 2.24) is 5.43 Å². The van der Waals surface area contributed by atoms with Crippen LogP contribution in [-0.2, 0) is 0 Å². The number of nitrogens with two attached hydrogens (primary N) is 1. The molecule has 0 spiro atoms. The highest BCUT2D eigenvalue weighted by Crippen LogP contribution is 2.18. The first-order valence-corrected chi connectivity index (χ1v) is 6.42. The molecule has 100 valence electrons. The van der Waals surface area contributed by atoms with Gasteiger partial charge in [0.15, 0.2) is 0 Å². The van der Waals surface area contributed by atoms with E-state index in [0.29, 0.717) is 6.61 Å². The van der Waals surface area contributed by atoms with Crippen molar-refractivity contribution in [2.45, 2.75) is 19.9 Å². The second-order valence-electron chi connectivity index (χ2n) is 4.69. The van der Waals surface area contributed by atoms with E-state index >= 15 is 0 Å². The number of nitrogens with one attached hydrogen (secondary N) is 1. The van der Waals surface area contributed by atoms with Gasteiger partial charge in [-0.15, -0.1) is 0 Å². The van der Waals surface area contributed by atoms with E-state index in [-0.39, 0.29) is 6.04 Å². The van der Waals surface area contributed by atoms with Crippen molar-refractivity contribution in [2.24, 2.45) is 5.84 Å². The van der Waals surface area contributed by atoms with Crippen LogP contribution < -0.4 is 16.0 Å². The van der Waals surface area contributed by atoms with Crippen molar-refractivity contribution in [3.8, 4) is 5.75 Å². The molecule has 19 heavy (non-hydrogen) atoms. The molecule has 0 heterocycles. The summed E-state index contributed by atoms with van der Waals surface area (Å²) in [7, 11) is 0. The molecule has 0 radical (unpaired) electrons. The van der Waals surface area contributed by atoms with Gasteiger partial charge in [-0.05, 0) is 42.7 Å². The summed E-state index contributed by atoms with van der Waals surface area (Å²) in [5, 5.41) is 0. The molecule has 0 bridgehead atoms. The number of para-hydroxylation sites is 1. The van der Waals surface area contributed by atoms with Crippen LogP contribution >= 0.6 is 0 Å². The Bertz CT molecular complexity index is 526. The van der Waals surface area contributed by atoms with Crippen molar-refractivity contribution in [3.05, 3.63) is 65.2 Å². The van der Waals surface area contributed by atoms with Crippen LogP contribution in [0.1, 0.15) is 22.7 Å². The van der Waals surface area contributed by atoms with Crippen molar-refractivity contribution in [3.63, 3.8) is 0 Å². The molecular formula is C16H20N2O. The molecule has 1 atom stereocenters. The van der Waals surface area contributed by atoms with Gasteiger partial charge >= 0.3 is 0 Å². The van der Waals surface area contributed by atoms with Gasteiger partial charge in [-0.25, -0.2) is 5.43 Å². The van der Waals surface area contributed by atoms with Gasteiger partial charge in [0.25, 0.3) is 0 Å². The van der Waals surface area contributed by atoms with Gasteiger partial charge < -0.3 is 4.74 Å². The Morgan fingerprint density at radius 3 is 2.42 bits per heavy atom. The van der Waals surface area contributed by atoms with Crippen molar-refractivity contribution in [2.75, 3.05) is 6.61 Å². The highest BCUT2D eigenvalue weighted by Gasteiger charge is 2.11. The minimum Gasteiger partial charge on any atom is -0.492 e. The number of hydrogen-bond acceptors (Lipinski definition) is 3. The highest BCUT2D eigenvalue weighted by molar-refractivity contribution is 5.32. The third-order valence-electron chi connectivity index (χ3n) is 3.29. The topological polar surface area (TPSA) is 47.3 Å². The zero-order chi connectivity index (χ0) is 13.7. The first-order chi connectivity index (χ1) is 9.20. The maximum absolute atomic E-state index is 5.74. The summed E-state index contributed by atoms with van der Waals surface area (Å²) in [6, 6.07) is 16.1. The Kier molecular flexibility index (Phi) is 4.55. The van der Waals surface area contributed by atoms with Crippen LogP contribution in [0.15, 0.2) is 48.5 Å². The monoisotopic (exact) mass is 256 g/mol. The molecule has 3 nitrogen and oxygen atoms in total. The molecule has 3 N–H and O–H groups in total. The quantitative estimate of drug-likeness (QED) is 0.639. The van der Waals surface area contributed by atoms with Crippen LogP contribution in [0.2, 0.25) is 0 Å². The lowest BCUT2D eigenvalue weighted by molar-refractivity contribution is 0.267. The third-order valence-corrected chi connectivity index (χ3v) is 3.29. The molecule has 3 heteroatoms. The minimum absolute atomic E-state index is 0.0143. The Morgan fingerprint density at radius 1 is 1.05 bits per heavy atom. The second-order valence-corrected chi connectivity index (χ2v) is 4.69. The van der Waals surface area contributed by atoms with E-state index in [2.05, 4.69) is 37.5 Å². The van der Waals surface area contributed by atoms with Crippen LogP contribution in [-0.4, -0.2) is 6.61 Å². The number of benzene rings is 2. The average molecular weight is 256 g/mol.